The number of rotatable bonds is 6. The van der Waals surface area contributed by atoms with Gasteiger partial charge >= 0.3 is 0 Å². The molecule has 1 aliphatic rings. The lowest BCUT2D eigenvalue weighted by Crippen LogP contribution is -2.29. The fourth-order valence-electron chi connectivity index (χ4n) is 3.96. The van der Waals surface area contributed by atoms with Crippen molar-refractivity contribution in [1.82, 2.24) is 0 Å². The molecule has 0 spiro atoms. The highest BCUT2D eigenvalue weighted by Gasteiger charge is 2.37. The van der Waals surface area contributed by atoms with Gasteiger partial charge in [0.05, 0.1) is 21.8 Å². The molecular formula is C28H19ClN2O4. The van der Waals surface area contributed by atoms with Crippen LogP contribution in [0, 0.1) is 0 Å². The van der Waals surface area contributed by atoms with E-state index in [1.54, 1.807) is 30.3 Å². The Bertz CT molecular complexity index is 1420. The van der Waals surface area contributed by atoms with Gasteiger partial charge in [0.2, 0.25) is 0 Å². The van der Waals surface area contributed by atoms with Gasteiger partial charge in [-0.15, -0.1) is 0 Å². The van der Waals surface area contributed by atoms with Crippen molar-refractivity contribution in [2.24, 2.45) is 0 Å². The van der Waals surface area contributed by atoms with Crippen LogP contribution in [0.3, 0.4) is 0 Å². The van der Waals surface area contributed by atoms with Gasteiger partial charge in [-0.05, 0) is 42.0 Å². The summed E-state index contributed by atoms with van der Waals surface area (Å²) in [6, 6.07) is 28.5. The molecule has 4 aromatic rings. The van der Waals surface area contributed by atoms with Crippen LogP contribution in [0.2, 0.25) is 5.02 Å². The summed E-state index contributed by atoms with van der Waals surface area (Å²) in [4.78, 5) is 39.1. The Labute approximate surface area is 206 Å². The van der Waals surface area contributed by atoms with Crippen molar-refractivity contribution in [3.63, 3.8) is 0 Å². The van der Waals surface area contributed by atoms with Crippen LogP contribution >= 0.6 is 11.6 Å². The monoisotopic (exact) mass is 482 g/mol. The molecule has 0 atom stereocenters. The van der Waals surface area contributed by atoms with Crippen molar-refractivity contribution >= 4 is 40.7 Å². The van der Waals surface area contributed by atoms with Crippen LogP contribution in [0.15, 0.2) is 97.1 Å². The number of nitrogens with zero attached hydrogens (tertiary/aromatic N) is 1. The lowest BCUT2D eigenvalue weighted by Gasteiger charge is -2.17. The summed E-state index contributed by atoms with van der Waals surface area (Å²) < 4.78 is 5.78. The molecule has 0 fully saturated rings. The van der Waals surface area contributed by atoms with E-state index in [4.69, 9.17) is 16.3 Å². The summed E-state index contributed by atoms with van der Waals surface area (Å²) in [5, 5.41) is 2.89. The molecule has 6 nitrogen and oxygen atoms in total. The molecule has 0 radical (unpaired) electrons. The molecule has 0 aromatic heterocycles. The second-order valence-corrected chi connectivity index (χ2v) is 8.26. The number of imide groups is 1. The normalized spacial score (nSPS) is 12.4. The lowest BCUT2D eigenvalue weighted by molar-refractivity contribution is -0.118. The van der Waals surface area contributed by atoms with Crippen molar-refractivity contribution < 1.29 is 19.1 Å². The number of benzene rings is 4. The predicted octanol–water partition coefficient (Wildman–Crippen LogP) is 5.83. The van der Waals surface area contributed by atoms with Crippen molar-refractivity contribution in [2.45, 2.75) is 0 Å². The third-order valence-electron chi connectivity index (χ3n) is 5.60. The molecule has 4 aromatic carbocycles. The quantitative estimate of drug-likeness (QED) is 0.351. The molecule has 1 N–H and O–H groups in total. The maximum absolute atomic E-state index is 12.7. The van der Waals surface area contributed by atoms with Crippen LogP contribution < -0.4 is 15.0 Å². The summed E-state index contributed by atoms with van der Waals surface area (Å²) >= 11 is 6.40. The highest BCUT2D eigenvalue weighted by molar-refractivity contribution is 6.40. The smallest absolute Gasteiger partial charge is 0.266 e. The number of nitrogens with one attached hydrogen (secondary N) is 1. The van der Waals surface area contributed by atoms with Crippen LogP contribution in [0.5, 0.6) is 5.75 Å². The summed E-state index contributed by atoms with van der Waals surface area (Å²) in [6.45, 7) is -0.207. The number of carbonyl (C=O) groups is 3. The maximum Gasteiger partial charge on any atom is 0.266 e. The molecule has 0 aliphatic carbocycles. The number of carbonyl (C=O) groups excluding carboxylic acids is 3. The van der Waals surface area contributed by atoms with Crippen molar-refractivity contribution in [3.8, 4) is 16.9 Å². The van der Waals surface area contributed by atoms with Crippen LogP contribution in [-0.2, 0) is 4.79 Å². The average molecular weight is 483 g/mol. The second kappa shape index (κ2) is 9.44. The van der Waals surface area contributed by atoms with E-state index in [1.165, 1.54) is 12.1 Å². The van der Waals surface area contributed by atoms with E-state index >= 15 is 0 Å². The minimum Gasteiger partial charge on any atom is -0.483 e. The molecule has 1 aliphatic heterocycles. The van der Waals surface area contributed by atoms with Crippen molar-refractivity contribution in [1.29, 1.82) is 0 Å². The molecule has 0 saturated carbocycles. The third kappa shape index (κ3) is 4.39. The Kier molecular flexibility index (Phi) is 6.04. The summed E-state index contributed by atoms with van der Waals surface area (Å²) in [5.41, 5.74) is 3.20. The van der Waals surface area contributed by atoms with E-state index < -0.39 is 11.8 Å². The molecule has 0 saturated heterocycles. The van der Waals surface area contributed by atoms with Crippen LogP contribution in [0.25, 0.3) is 11.1 Å². The van der Waals surface area contributed by atoms with Crippen molar-refractivity contribution in [2.75, 3.05) is 16.8 Å². The molecule has 7 heteroatoms. The number of halogens is 1. The number of ether oxygens (including phenoxy) is 1. The first kappa shape index (κ1) is 22.4. The van der Waals surface area contributed by atoms with Gasteiger partial charge in [-0.25, -0.2) is 4.90 Å². The first-order valence-corrected chi connectivity index (χ1v) is 11.2. The minimum absolute atomic E-state index is 0.160. The van der Waals surface area contributed by atoms with Gasteiger partial charge in [0.1, 0.15) is 5.75 Å². The molecule has 1 heterocycles. The van der Waals surface area contributed by atoms with E-state index in [9.17, 15) is 14.4 Å². The van der Waals surface area contributed by atoms with Crippen LogP contribution in [0.1, 0.15) is 20.7 Å². The summed E-state index contributed by atoms with van der Waals surface area (Å²) in [5.74, 6) is -0.658. The Hall–Kier alpha value is -4.42. The topological polar surface area (TPSA) is 75.7 Å². The van der Waals surface area contributed by atoms with Gasteiger partial charge in [0.25, 0.3) is 17.7 Å². The summed E-state index contributed by atoms with van der Waals surface area (Å²) in [7, 11) is 0. The minimum atomic E-state index is -0.435. The number of anilines is 2. The van der Waals surface area contributed by atoms with E-state index in [0.717, 1.165) is 16.0 Å². The Morgan fingerprint density at radius 2 is 1.37 bits per heavy atom. The molecule has 0 unspecified atom stereocenters. The van der Waals surface area contributed by atoms with Crippen LogP contribution in [-0.4, -0.2) is 24.3 Å². The predicted molar refractivity (Wildman–Crippen MR) is 135 cm³/mol. The third-order valence-corrected chi connectivity index (χ3v) is 5.90. The Morgan fingerprint density at radius 1 is 0.771 bits per heavy atom. The zero-order valence-electron chi connectivity index (χ0n) is 18.4. The fraction of sp³-hybridized carbons (Fsp3) is 0.0357. The van der Waals surface area contributed by atoms with Gasteiger partial charge in [-0.3, -0.25) is 14.4 Å². The number of fused-ring (bicyclic) bond motifs is 1. The maximum atomic E-state index is 12.7. The zero-order chi connectivity index (χ0) is 24.4. The largest absolute Gasteiger partial charge is 0.483 e. The van der Waals surface area contributed by atoms with Gasteiger partial charge in [-0.1, -0.05) is 72.3 Å². The standard InChI is InChI=1S/C28H19ClN2O4/c29-23-16-19(14-15-24(23)31-27(33)21-11-4-5-12-22(21)28(31)34)30-26(32)17-35-25-13-7-6-10-20(25)18-8-2-1-3-9-18/h1-16H,17H2,(H,30,32). The van der Waals surface area contributed by atoms with E-state index in [2.05, 4.69) is 5.32 Å². The first-order valence-electron chi connectivity index (χ1n) is 10.9. The van der Waals surface area contributed by atoms with Gasteiger partial charge in [0.15, 0.2) is 6.61 Å². The number of amides is 3. The van der Waals surface area contributed by atoms with Gasteiger partial charge in [-0.2, -0.15) is 0 Å². The van der Waals surface area contributed by atoms with Crippen LogP contribution in [0.4, 0.5) is 11.4 Å². The van der Waals surface area contributed by atoms with E-state index in [1.807, 2.05) is 54.6 Å². The summed E-state index contributed by atoms with van der Waals surface area (Å²) in [6.07, 6.45) is 0. The molecule has 35 heavy (non-hydrogen) atoms. The van der Waals surface area contributed by atoms with E-state index in [-0.39, 0.29) is 23.2 Å². The highest BCUT2D eigenvalue weighted by atomic mass is 35.5. The molecule has 5 rings (SSSR count). The first-order chi connectivity index (χ1) is 17.0. The van der Waals surface area contributed by atoms with Crippen molar-refractivity contribution in [3.05, 3.63) is 113 Å². The zero-order valence-corrected chi connectivity index (χ0v) is 19.2. The Balaban J connectivity index is 1.27. The average Bonchev–Trinajstić information content (AvgIpc) is 3.13. The van der Waals surface area contributed by atoms with Gasteiger partial charge in [0, 0.05) is 11.3 Å². The molecule has 3 amide bonds. The van der Waals surface area contributed by atoms with E-state index in [0.29, 0.717) is 22.6 Å². The number of hydrogen-bond acceptors (Lipinski definition) is 4. The van der Waals surface area contributed by atoms with Gasteiger partial charge < -0.3 is 10.1 Å². The lowest BCUT2D eigenvalue weighted by atomic mass is 10.1. The second-order valence-electron chi connectivity index (χ2n) is 7.86. The molecule has 172 valence electrons. The molecule has 0 bridgehead atoms. The fourth-order valence-corrected chi connectivity index (χ4v) is 4.23. The molecular weight excluding hydrogens is 464 g/mol. The number of hydrogen-bond donors (Lipinski definition) is 1. The number of para-hydroxylation sites is 1. The highest BCUT2D eigenvalue weighted by Crippen LogP contribution is 2.35. The Morgan fingerprint density at radius 3 is 2.03 bits per heavy atom. The SMILES string of the molecule is O=C(COc1ccccc1-c1ccccc1)Nc1ccc(N2C(=O)c3ccccc3C2=O)c(Cl)c1.